The third-order valence-electron chi connectivity index (χ3n) is 5.82. The number of carbonyl (C=O) groups excluding carboxylic acids is 1. The van der Waals surface area contributed by atoms with Crippen LogP contribution in [0.5, 0.6) is 17.2 Å². The second kappa shape index (κ2) is 10.8. The van der Waals surface area contributed by atoms with Gasteiger partial charge in [0.15, 0.2) is 4.80 Å². The van der Waals surface area contributed by atoms with Crippen LogP contribution in [-0.4, -0.2) is 41.4 Å². The Labute approximate surface area is 228 Å². The molecule has 1 N–H and O–H groups in total. The summed E-state index contributed by atoms with van der Waals surface area (Å²) in [5.74, 6) is -0.323. The molecule has 0 saturated carbocycles. The summed E-state index contributed by atoms with van der Waals surface area (Å²) >= 11 is 4.22. The first-order valence-corrected chi connectivity index (χ1v) is 12.8. The molecule has 0 amide bonds. The molecule has 0 aliphatic carbocycles. The number of ether oxygens (including phenoxy) is 3. The molecule has 2 aromatic carbocycles. The number of fused-ring (bicyclic) bond motifs is 1. The standard InChI is InChI=1S/C25H22BrN3O8S/c1-5-37-24(32)20-12(2)27-25-28(21(20)16-7-6-15(35-3)11-18(16)36-4)23(31)19(38-25)9-13-8-14(26)10-17(22(13)30)29(33)34/h6-11,21,30H,5H2,1-4H3/b19-9-/t21-/m0/s1. The van der Waals surface area contributed by atoms with Crippen molar-refractivity contribution in [2.24, 2.45) is 4.99 Å². The van der Waals surface area contributed by atoms with E-state index in [1.54, 1.807) is 32.0 Å². The van der Waals surface area contributed by atoms with E-state index in [1.165, 1.54) is 37.0 Å². The first-order valence-electron chi connectivity index (χ1n) is 11.2. The topological polar surface area (TPSA) is 142 Å². The van der Waals surface area contributed by atoms with Gasteiger partial charge < -0.3 is 19.3 Å². The van der Waals surface area contributed by atoms with Crippen LogP contribution < -0.4 is 24.4 Å². The van der Waals surface area contributed by atoms with Crippen LogP contribution in [-0.2, 0) is 9.53 Å². The van der Waals surface area contributed by atoms with Gasteiger partial charge in [-0.15, -0.1) is 0 Å². The molecule has 4 rings (SSSR count). The van der Waals surface area contributed by atoms with Crippen LogP contribution >= 0.6 is 27.3 Å². The number of methoxy groups -OCH3 is 2. The number of aromatic hydroxyl groups is 1. The summed E-state index contributed by atoms with van der Waals surface area (Å²) in [6.07, 6.45) is 1.35. The average molecular weight is 604 g/mol. The molecule has 0 bridgehead atoms. The highest BCUT2D eigenvalue weighted by molar-refractivity contribution is 9.10. The Morgan fingerprint density at radius 2 is 2.03 bits per heavy atom. The molecule has 3 aromatic rings. The van der Waals surface area contributed by atoms with E-state index in [-0.39, 0.29) is 22.3 Å². The molecule has 38 heavy (non-hydrogen) atoms. The normalized spacial score (nSPS) is 15.1. The van der Waals surface area contributed by atoms with Crippen molar-refractivity contribution in [2.45, 2.75) is 19.9 Å². The smallest absolute Gasteiger partial charge is 0.338 e. The number of allylic oxidation sites excluding steroid dienone is 1. The molecule has 198 valence electrons. The third kappa shape index (κ3) is 4.82. The molecule has 0 saturated heterocycles. The van der Waals surface area contributed by atoms with Gasteiger partial charge in [-0.1, -0.05) is 27.3 Å². The lowest BCUT2D eigenvalue weighted by Crippen LogP contribution is -2.40. The van der Waals surface area contributed by atoms with E-state index in [2.05, 4.69) is 20.9 Å². The number of esters is 1. The van der Waals surface area contributed by atoms with Gasteiger partial charge in [-0.05, 0) is 38.1 Å². The van der Waals surface area contributed by atoms with Crippen LogP contribution in [0.3, 0.4) is 0 Å². The maximum Gasteiger partial charge on any atom is 0.338 e. The number of nitro groups is 1. The van der Waals surface area contributed by atoms with Crippen LogP contribution in [0.4, 0.5) is 5.69 Å². The number of aromatic nitrogens is 1. The van der Waals surface area contributed by atoms with E-state index in [0.29, 0.717) is 32.0 Å². The quantitative estimate of drug-likeness (QED) is 0.246. The number of hydrogen-bond acceptors (Lipinski definition) is 10. The van der Waals surface area contributed by atoms with E-state index in [0.717, 1.165) is 11.3 Å². The van der Waals surface area contributed by atoms with Crippen LogP contribution in [0.1, 0.15) is 31.0 Å². The lowest BCUT2D eigenvalue weighted by Gasteiger charge is -2.26. The minimum absolute atomic E-state index is 0.0660. The number of carbonyl (C=O) groups is 1. The fourth-order valence-electron chi connectivity index (χ4n) is 4.13. The molecule has 1 aromatic heterocycles. The van der Waals surface area contributed by atoms with Gasteiger partial charge in [-0.3, -0.25) is 19.5 Å². The minimum Gasteiger partial charge on any atom is -0.502 e. The van der Waals surface area contributed by atoms with Crippen LogP contribution in [0.2, 0.25) is 0 Å². The molecular formula is C25H22BrN3O8S. The zero-order chi connectivity index (χ0) is 27.7. The molecular weight excluding hydrogens is 582 g/mol. The lowest BCUT2D eigenvalue weighted by atomic mass is 9.95. The van der Waals surface area contributed by atoms with E-state index in [4.69, 9.17) is 14.2 Å². The fourth-order valence-corrected chi connectivity index (χ4v) is 5.63. The predicted molar refractivity (Wildman–Crippen MR) is 142 cm³/mol. The molecule has 1 aliphatic rings. The molecule has 0 unspecified atom stereocenters. The fraction of sp³-hybridized carbons (Fsp3) is 0.240. The number of hydrogen-bond donors (Lipinski definition) is 1. The Bertz CT molecular complexity index is 1670. The Balaban J connectivity index is 2.02. The van der Waals surface area contributed by atoms with Gasteiger partial charge >= 0.3 is 11.7 Å². The van der Waals surface area contributed by atoms with Gasteiger partial charge in [-0.25, -0.2) is 9.79 Å². The Hall–Kier alpha value is -3.97. The first kappa shape index (κ1) is 27.1. The largest absolute Gasteiger partial charge is 0.502 e. The maximum atomic E-state index is 13.8. The number of phenols is 1. The second-order valence-corrected chi connectivity index (χ2v) is 9.95. The van der Waals surface area contributed by atoms with Gasteiger partial charge in [-0.2, -0.15) is 0 Å². The Kier molecular flexibility index (Phi) is 7.69. The molecule has 0 spiro atoms. The predicted octanol–water partition coefficient (Wildman–Crippen LogP) is 3.19. The molecule has 11 nitrogen and oxygen atoms in total. The zero-order valence-corrected chi connectivity index (χ0v) is 23.1. The molecule has 2 heterocycles. The van der Waals surface area contributed by atoms with Crippen LogP contribution in [0.25, 0.3) is 6.08 Å². The van der Waals surface area contributed by atoms with Crippen molar-refractivity contribution in [1.82, 2.24) is 4.57 Å². The van der Waals surface area contributed by atoms with Crippen LogP contribution in [0, 0.1) is 10.1 Å². The van der Waals surface area contributed by atoms with E-state index in [1.807, 2.05) is 0 Å². The summed E-state index contributed by atoms with van der Waals surface area (Å²) in [5.41, 5.74) is 0.0541. The van der Waals surface area contributed by atoms with Gasteiger partial charge in [0, 0.05) is 27.7 Å². The summed E-state index contributed by atoms with van der Waals surface area (Å²) < 4.78 is 18.0. The number of phenolic OH excluding ortho intramolecular Hbond substituents is 1. The van der Waals surface area contributed by atoms with E-state index < -0.39 is 33.9 Å². The maximum absolute atomic E-state index is 13.8. The molecule has 0 radical (unpaired) electrons. The Morgan fingerprint density at radius 3 is 2.66 bits per heavy atom. The Morgan fingerprint density at radius 1 is 1.29 bits per heavy atom. The van der Waals surface area contributed by atoms with Gasteiger partial charge in [0.2, 0.25) is 5.75 Å². The van der Waals surface area contributed by atoms with Crippen molar-refractivity contribution in [2.75, 3.05) is 20.8 Å². The van der Waals surface area contributed by atoms with Crippen molar-refractivity contribution >= 4 is 45.0 Å². The number of benzene rings is 2. The average Bonchev–Trinajstić information content (AvgIpc) is 3.18. The van der Waals surface area contributed by atoms with E-state index in [9.17, 15) is 24.8 Å². The van der Waals surface area contributed by atoms with Crippen molar-refractivity contribution in [3.8, 4) is 17.2 Å². The van der Waals surface area contributed by atoms with E-state index >= 15 is 0 Å². The number of nitrogens with zero attached hydrogens (tertiary/aromatic N) is 3. The molecule has 13 heteroatoms. The summed E-state index contributed by atoms with van der Waals surface area (Å²) in [4.78, 5) is 42.3. The zero-order valence-electron chi connectivity index (χ0n) is 20.7. The summed E-state index contributed by atoms with van der Waals surface area (Å²) in [7, 11) is 2.97. The number of halogens is 1. The SMILES string of the molecule is CCOC(=O)C1=C(C)N=c2s/c(=C\c3cc(Br)cc([N+](=O)[O-])c3O)c(=O)n2[C@H]1c1ccc(OC)cc1OC. The van der Waals surface area contributed by atoms with Gasteiger partial charge in [0.25, 0.3) is 5.56 Å². The van der Waals surface area contributed by atoms with Crippen molar-refractivity contribution in [1.29, 1.82) is 0 Å². The highest BCUT2D eigenvalue weighted by Gasteiger charge is 2.35. The number of thiazole rings is 1. The monoisotopic (exact) mass is 603 g/mol. The third-order valence-corrected chi connectivity index (χ3v) is 7.26. The van der Waals surface area contributed by atoms with Crippen molar-refractivity contribution in [3.05, 3.63) is 87.0 Å². The lowest BCUT2D eigenvalue weighted by molar-refractivity contribution is -0.385. The van der Waals surface area contributed by atoms with Crippen molar-refractivity contribution in [3.63, 3.8) is 0 Å². The molecule has 0 fully saturated rings. The molecule has 1 atom stereocenters. The summed E-state index contributed by atoms with van der Waals surface area (Å²) in [6, 6.07) is 6.70. The summed E-state index contributed by atoms with van der Waals surface area (Å²) in [6.45, 7) is 3.44. The molecule has 1 aliphatic heterocycles. The van der Waals surface area contributed by atoms with Crippen molar-refractivity contribution < 1.29 is 29.0 Å². The van der Waals surface area contributed by atoms with Gasteiger partial charge in [0.1, 0.15) is 17.5 Å². The highest BCUT2D eigenvalue weighted by atomic mass is 79.9. The number of rotatable bonds is 7. The first-order chi connectivity index (χ1) is 18.1. The second-order valence-electron chi connectivity index (χ2n) is 8.03. The summed E-state index contributed by atoms with van der Waals surface area (Å²) in [5, 5.41) is 21.8. The highest BCUT2D eigenvalue weighted by Crippen LogP contribution is 2.38. The van der Waals surface area contributed by atoms with Crippen LogP contribution in [0.15, 0.2) is 55.9 Å². The number of nitro benzene ring substituents is 1. The van der Waals surface area contributed by atoms with Gasteiger partial charge in [0.05, 0.1) is 41.6 Å². The minimum atomic E-state index is -0.946.